The van der Waals surface area contributed by atoms with Crippen molar-refractivity contribution in [3.63, 3.8) is 0 Å². The Labute approximate surface area is 187 Å². The maximum atomic E-state index is 9.86. The molecule has 0 radical (unpaired) electrons. The summed E-state index contributed by atoms with van der Waals surface area (Å²) in [5.41, 5.74) is 6.31. The highest BCUT2D eigenvalue weighted by atomic mass is 35.5. The van der Waals surface area contributed by atoms with Gasteiger partial charge in [-0.2, -0.15) is 10.5 Å². The van der Waals surface area contributed by atoms with Crippen molar-refractivity contribution in [1.82, 2.24) is 4.98 Å². The first-order valence-corrected chi connectivity index (χ1v) is 10.4. The molecule has 4 nitrogen and oxygen atoms in total. The molecule has 0 N–H and O–H groups in total. The van der Waals surface area contributed by atoms with Crippen molar-refractivity contribution in [2.24, 2.45) is 0 Å². The second kappa shape index (κ2) is 7.91. The topological polar surface area (TPSA) is 63.7 Å². The van der Waals surface area contributed by atoms with Crippen LogP contribution < -0.4 is 4.90 Å². The molecule has 0 saturated heterocycles. The zero-order valence-corrected chi connectivity index (χ0v) is 18.4. The van der Waals surface area contributed by atoms with Gasteiger partial charge in [0.25, 0.3) is 0 Å². The Kier molecular flexibility index (Phi) is 5.27. The Morgan fingerprint density at radius 2 is 1.71 bits per heavy atom. The first-order chi connectivity index (χ1) is 14.8. The molecule has 2 heterocycles. The Morgan fingerprint density at radius 3 is 2.32 bits per heavy atom. The number of benzene rings is 2. The predicted molar refractivity (Wildman–Crippen MR) is 124 cm³/mol. The van der Waals surface area contributed by atoms with Gasteiger partial charge in [-0.3, -0.25) is 4.98 Å². The van der Waals surface area contributed by atoms with Gasteiger partial charge in [-0.05, 0) is 42.0 Å². The molecule has 0 aliphatic carbocycles. The maximum absolute atomic E-state index is 9.86. The van der Waals surface area contributed by atoms with Crippen LogP contribution in [0, 0.1) is 22.7 Å². The number of anilines is 1. The fourth-order valence-corrected chi connectivity index (χ4v) is 3.89. The number of hydrogen-bond acceptors (Lipinski definition) is 4. The molecule has 0 spiro atoms. The van der Waals surface area contributed by atoms with Crippen molar-refractivity contribution in [2.45, 2.75) is 32.7 Å². The summed E-state index contributed by atoms with van der Waals surface area (Å²) >= 11 is 6.56. The molecular formula is C26H21ClN4. The molecule has 1 aliphatic rings. The van der Waals surface area contributed by atoms with E-state index in [2.05, 4.69) is 37.8 Å². The van der Waals surface area contributed by atoms with Crippen LogP contribution in [0.4, 0.5) is 5.69 Å². The number of hydrogen-bond donors (Lipinski definition) is 0. The van der Waals surface area contributed by atoms with Crippen molar-refractivity contribution in [3.05, 3.63) is 93.3 Å². The van der Waals surface area contributed by atoms with Crippen molar-refractivity contribution in [3.8, 4) is 12.1 Å². The third-order valence-electron chi connectivity index (χ3n) is 5.36. The summed E-state index contributed by atoms with van der Waals surface area (Å²) in [5, 5.41) is 19.7. The molecule has 0 saturated carbocycles. The molecule has 2 aromatic carbocycles. The average molecular weight is 425 g/mol. The first-order valence-electron chi connectivity index (χ1n) is 10.0. The summed E-state index contributed by atoms with van der Waals surface area (Å²) < 4.78 is 0. The normalized spacial score (nSPS) is 13.1. The lowest BCUT2D eigenvalue weighted by Crippen LogP contribution is -2.27. The van der Waals surface area contributed by atoms with E-state index in [4.69, 9.17) is 21.8 Å². The lowest BCUT2D eigenvalue weighted by Gasteiger charge is -2.33. The van der Waals surface area contributed by atoms with Crippen molar-refractivity contribution < 1.29 is 0 Å². The van der Waals surface area contributed by atoms with Crippen molar-refractivity contribution in [1.29, 1.82) is 10.5 Å². The van der Waals surface area contributed by atoms with Crippen LogP contribution in [0.25, 0.3) is 11.8 Å². The van der Waals surface area contributed by atoms with Gasteiger partial charge in [-0.15, -0.1) is 0 Å². The molecule has 4 rings (SSSR count). The molecular weight excluding hydrogens is 404 g/mol. The Hall–Kier alpha value is -3.60. The van der Waals surface area contributed by atoms with Crippen molar-refractivity contribution >= 4 is 29.1 Å². The van der Waals surface area contributed by atoms with E-state index in [9.17, 15) is 5.26 Å². The summed E-state index contributed by atoms with van der Waals surface area (Å²) in [6.07, 6.45) is 2.00. The van der Waals surface area contributed by atoms with E-state index < -0.39 is 0 Å². The van der Waals surface area contributed by atoms with E-state index >= 15 is 0 Å². The van der Waals surface area contributed by atoms with Gasteiger partial charge in [0.15, 0.2) is 0 Å². The summed E-state index contributed by atoms with van der Waals surface area (Å²) in [5.74, 6) is 0. The largest absolute Gasteiger partial charge is 0.334 e. The number of para-hydroxylation sites is 1. The molecule has 0 amide bonds. The van der Waals surface area contributed by atoms with Gasteiger partial charge in [0.05, 0.1) is 46.2 Å². The van der Waals surface area contributed by atoms with Crippen LogP contribution in [-0.2, 0) is 12.0 Å². The van der Waals surface area contributed by atoms with E-state index in [0.29, 0.717) is 22.7 Å². The smallest absolute Gasteiger partial charge is 0.0999 e. The Balaban J connectivity index is 1.95. The second-order valence-corrected chi connectivity index (χ2v) is 8.94. The van der Waals surface area contributed by atoms with E-state index in [1.165, 1.54) is 0 Å². The minimum absolute atomic E-state index is 0.174. The quantitative estimate of drug-likeness (QED) is 0.484. The molecule has 1 aliphatic heterocycles. The molecule has 0 unspecified atom stereocenters. The molecule has 0 bridgehead atoms. The number of halogens is 1. The van der Waals surface area contributed by atoms with Gasteiger partial charge >= 0.3 is 0 Å². The van der Waals surface area contributed by atoms with E-state index in [0.717, 1.165) is 33.9 Å². The third-order valence-corrected chi connectivity index (χ3v) is 5.68. The highest BCUT2D eigenvalue weighted by Gasteiger charge is 2.27. The Morgan fingerprint density at radius 1 is 1.00 bits per heavy atom. The molecule has 3 aromatic rings. The number of nitrogens with zero attached hydrogens (tertiary/aromatic N) is 4. The van der Waals surface area contributed by atoms with E-state index in [1.807, 2.05) is 48.5 Å². The van der Waals surface area contributed by atoms with Gasteiger partial charge in [-0.1, -0.05) is 56.6 Å². The number of pyridine rings is 1. The third kappa shape index (κ3) is 3.91. The molecule has 0 atom stereocenters. The van der Waals surface area contributed by atoms with Crippen LogP contribution in [0.5, 0.6) is 0 Å². The van der Waals surface area contributed by atoms with Gasteiger partial charge in [0, 0.05) is 22.4 Å². The predicted octanol–water partition coefficient (Wildman–Crippen LogP) is 6.29. The zero-order valence-electron chi connectivity index (χ0n) is 17.6. The van der Waals surface area contributed by atoms with Crippen molar-refractivity contribution in [2.75, 3.05) is 4.90 Å². The SMILES string of the molecule is CC(C)(C)c1cc(C#N)c2c(n1)CN(c1ccccc1Cl)C(c1ccc(C#N)cc1)=C2. The minimum Gasteiger partial charge on any atom is -0.334 e. The number of aromatic nitrogens is 1. The van der Waals surface area contributed by atoms with Crippen LogP contribution in [0.15, 0.2) is 54.6 Å². The maximum Gasteiger partial charge on any atom is 0.0999 e. The van der Waals surface area contributed by atoms with Crippen LogP contribution in [0.2, 0.25) is 5.02 Å². The fraction of sp³-hybridized carbons (Fsp3) is 0.192. The van der Waals surface area contributed by atoms with Gasteiger partial charge in [0.2, 0.25) is 0 Å². The molecule has 5 heteroatoms. The number of nitriles is 2. The van der Waals surface area contributed by atoms with E-state index in [-0.39, 0.29) is 5.41 Å². The lowest BCUT2D eigenvalue weighted by molar-refractivity contribution is 0.564. The summed E-state index contributed by atoms with van der Waals surface area (Å²) in [4.78, 5) is 7.05. The lowest BCUT2D eigenvalue weighted by atomic mass is 9.88. The summed E-state index contributed by atoms with van der Waals surface area (Å²) in [6, 6.07) is 21.5. The number of fused-ring (bicyclic) bond motifs is 1. The van der Waals surface area contributed by atoms with Crippen LogP contribution in [0.1, 0.15) is 54.4 Å². The molecule has 1 aromatic heterocycles. The van der Waals surface area contributed by atoms with Crippen LogP contribution in [0.3, 0.4) is 0 Å². The summed E-state index contributed by atoms with van der Waals surface area (Å²) in [6.45, 7) is 6.77. The minimum atomic E-state index is -0.174. The highest BCUT2D eigenvalue weighted by molar-refractivity contribution is 6.33. The molecule has 152 valence electrons. The fourth-order valence-electron chi connectivity index (χ4n) is 3.66. The summed E-state index contributed by atoms with van der Waals surface area (Å²) in [7, 11) is 0. The zero-order chi connectivity index (χ0) is 22.2. The standard InChI is InChI=1S/C26H21ClN4/c1-26(2,3)25-12-19(15-29)20-13-24(18-10-8-17(14-28)9-11-18)31(16-22(20)30-25)23-7-5-4-6-21(23)27/h4-13H,16H2,1-3H3. The number of rotatable bonds is 2. The van der Waals surface area contributed by atoms with Gasteiger partial charge in [-0.25, -0.2) is 0 Å². The second-order valence-electron chi connectivity index (χ2n) is 8.53. The molecule has 0 fully saturated rings. The Bertz CT molecular complexity index is 1270. The molecule has 31 heavy (non-hydrogen) atoms. The van der Waals surface area contributed by atoms with Crippen LogP contribution >= 0.6 is 11.6 Å². The monoisotopic (exact) mass is 424 g/mol. The average Bonchev–Trinajstić information content (AvgIpc) is 2.77. The highest BCUT2D eigenvalue weighted by Crippen LogP contribution is 2.39. The first kappa shape index (κ1) is 20.7. The van der Waals surface area contributed by atoms with Gasteiger partial charge < -0.3 is 4.90 Å². The van der Waals surface area contributed by atoms with Gasteiger partial charge in [0.1, 0.15) is 0 Å². The van der Waals surface area contributed by atoms with Crippen LogP contribution in [-0.4, -0.2) is 4.98 Å². The van der Waals surface area contributed by atoms with E-state index in [1.54, 1.807) is 12.1 Å².